The molecule has 1 aromatic carbocycles. The molecule has 1 aromatic heterocycles. The first kappa shape index (κ1) is 17.2. The molecule has 3 rings (SSSR count). The molecule has 1 amide bonds. The van der Waals surface area contributed by atoms with E-state index in [0.717, 1.165) is 0 Å². The number of amides is 1. The van der Waals surface area contributed by atoms with Crippen LogP contribution in [0.4, 0.5) is 0 Å². The molecule has 1 aliphatic heterocycles. The Bertz CT molecular complexity index is 812. The van der Waals surface area contributed by atoms with E-state index in [4.69, 9.17) is 4.42 Å². The number of nitrogens with one attached hydrogen (secondary N) is 1. The molecule has 2 heterocycles. The molecular weight excluding hydrogens is 396 g/mol. The van der Waals surface area contributed by atoms with Gasteiger partial charge in [0.25, 0.3) is 5.91 Å². The number of piperidine rings is 1. The van der Waals surface area contributed by atoms with E-state index in [1.807, 2.05) is 0 Å². The van der Waals surface area contributed by atoms with Crippen LogP contribution in [0.25, 0.3) is 0 Å². The number of hydrogen-bond donors (Lipinski definition) is 1. The van der Waals surface area contributed by atoms with Gasteiger partial charge in [-0.2, -0.15) is 0 Å². The highest BCUT2D eigenvalue weighted by molar-refractivity contribution is 9.10. The molecular formula is C16H17BrN2O4S. The Balaban J connectivity index is 1.58. The largest absolute Gasteiger partial charge is 0.444 e. The molecule has 8 heteroatoms. The third kappa shape index (κ3) is 3.88. The Kier molecular flexibility index (Phi) is 5.07. The lowest BCUT2D eigenvalue weighted by Crippen LogP contribution is -2.46. The number of rotatable bonds is 4. The lowest BCUT2D eigenvalue weighted by atomic mass is 10.1. The molecule has 0 saturated carbocycles. The average molecular weight is 413 g/mol. The number of halogens is 1. The molecule has 0 unspecified atom stereocenters. The Morgan fingerprint density at radius 3 is 2.38 bits per heavy atom. The van der Waals surface area contributed by atoms with Crippen LogP contribution in [0.15, 0.2) is 56.4 Å². The highest BCUT2D eigenvalue weighted by Gasteiger charge is 2.28. The zero-order chi connectivity index (χ0) is 17.2. The molecule has 1 aliphatic rings. The first-order chi connectivity index (χ1) is 11.5. The van der Waals surface area contributed by atoms with E-state index < -0.39 is 10.0 Å². The van der Waals surface area contributed by atoms with E-state index in [9.17, 15) is 13.2 Å². The fourth-order valence-corrected chi connectivity index (χ4v) is 4.31. The summed E-state index contributed by atoms with van der Waals surface area (Å²) in [7, 11) is -3.52. The lowest BCUT2D eigenvalue weighted by Gasteiger charge is -2.31. The van der Waals surface area contributed by atoms with Crippen molar-refractivity contribution >= 4 is 31.9 Å². The second-order valence-electron chi connectivity index (χ2n) is 5.60. The molecule has 2 aromatic rings. The van der Waals surface area contributed by atoms with Crippen molar-refractivity contribution in [3.63, 3.8) is 0 Å². The summed E-state index contributed by atoms with van der Waals surface area (Å²) >= 11 is 3.18. The quantitative estimate of drug-likeness (QED) is 0.836. The maximum atomic E-state index is 12.3. The Morgan fingerprint density at radius 2 is 1.79 bits per heavy atom. The third-order valence-electron chi connectivity index (χ3n) is 3.94. The van der Waals surface area contributed by atoms with Crippen LogP contribution in [0.1, 0.15) is 23.4 Å². The van der Waals surface area contributed by atoms with Crippen molar-refractivity contribution in [2.45, 2.75) is 23.8 Å². The zero-order valence-corrected chi connectivity index (χ0v) is 15.2. The molecule has 0 aliphatic carbocycles. The molecule has 128 valence electrons. The summed E-state index contributed by atoms with van der Waals surface area (Å²) in [5.74, 6) is 0.107. The molecule has 0 atom stereocenters. The van der Waals surface area contributed by atoms with Crippen LogP contribution in [0.5, 0.6) is 0 Å². The van der Waals surface area contributed by atoms with Crippen LogP contribution >= 0.6 is 15.9 Å². The average Bonchev–Trinajstić information content (AvgIpc) is 3.02. The Hall–Kier alpha value is -1.64. The lowest BCUT2D eigenvalue weighted by molar-refractivity contribution is 0.0677. The standard InChI is InChI=1S/C16H17BrN2O4S/c17-15-7-6-14(23-15)16(20)19-10-8-12(9-11-19)18-24(21,22)13-4-2-1-3-5-13/h1-7,12,18H,8-11H2. The molecule has 1 saturated heterocycles. The summed E-state index contributed by atoms with van der Waals surface area (Å²) in [6.45, 7) is 0.970. The van der Waals surface area contributed by atoms with Crippen molar-refractivity contribution in [3.8, 4) is 0 Å². The molecule has 1 N–H and O–H groups in total. The van der Waals surface area contributed by atoms with E-state index >= 15 is 0 Å². The van der Waals surface area contributed by atoms with Gasteiger partial charge in [-0.05, 0) is 53.0 Å². The van der Waals surface area contributed by atoms with Crippen LogP contribution in [-0.4, -0.2) is 38.4 Å². The molecule has 6 nitrogen and oxygen atoms in total. The van der Waals surface area contributed by atoms with Gasteiger partial charge in [0.15, 0.2) is 10.4 Å². The van der Waals surface area contributed by atoms with Crippen molar-refractivity contribution in [2.75, 3.05) is 13.1 Å². The van der Waals surface area contributed by atoms with Gasteiger partial charge in [0.2, 0.25) is 10.0 Å². The van der Waals surface area contributed by atoms with Gasteiger partial charge in [-0.15, -0.1) is 0 Å². The number of sulfonamides is 1. The smallest absolute Gasteiger partial charge is 0.289 e. The van der Waals surface area contributed by atoms with Gasteiger partial charge in [-0.25, -0.2) is 13.1 Å². The van der Waals surface area contributed by atoms with Crippen molar-refractivity contribution in [3.05, 3.63) is 52.9 Å². The maximum absolute atomic E-state index is 12.3. The van der Waals surface area contributed by atoms with Gasteiger partial charge in [-0.1, -0.05) is 18.2 Å². The highest BCUT2D eigenvalue weighted by atomic mass is 79.9. The molecule has 1 fully saturated rings. The van der Waals surface area contributed by atoms with E-state index in [1.165, 1.54) is 0 Å². The number of benzene rings is 1. The van der Waals surface area contributed by atoms with Gasteiger partial charge < -0.3 is 9.32 Å². The predicted molar refractivity (Wildman–Crippen MR) is 92.1 cm³/mol. The number of furan rings is 1. The molecule has 0 spiro atoms. The van der Waals surface area contributed by atoms with E-state index in [1.54, 1.807) is 47.4 Å². The summed E-state index contributed by atoms with van der Waals surface area (Å²) in [4.78, 5) is 14.2. The fraction of sp³-hybridized carbons (Fsp3) is 0.312. The SMILES string of the molecule is O=C(c1ccc(Br)o1)N1CCC(NS(=O)(=O)c2ccccc2)CC1. The number of hydrogen-bond acceptors (Lipinski definition) is 4. The van der Waals surface area contributed by atoms with Crippen LogP contribution in [0, 0.1) is 0 Å². The Labute approximate surface area is 149 Å². The van der Waals surface area contributed by atoms with Crippen molar-refractivity contribution in [1.82, 2.24) is 9.62 Å². The second-order valence-corrected chi connectivity index (χ2v) is 8.10. The third-order valence-corrected chi connectivity index (χ3v) is 5.90. The summed E-state index contributed by atoms with van der Waals surface area (Å²) < 4.78 is 33.2. The second kappa shape index (κ2) is 7.08. The van der Waals surface area contributed by atoms with Crippen LogP contribution in [0.2, 0.25) is 0 Å². The number of nitrogens with zero attached hydrogens (tertiary/aromatic N) is 1. The number of carbonyl (C=O) groups excluding carboxylic acids is 1. The number of carbonyl (C=O) groups is 1. The predicted octanol–water partition coefficient (Wildman–Crippen LogP) is 2.63. The van der Waals surface area contributed by atoms with E-state index in [0.29, 0.717) is 30.6 Å². The van der Waals surface area contributed by atoms with Crippen LogP contribution in [0.3, 0.4) is 0 Å². The van der Waals surface area contributed by atoms with E-state index in [-0.39, 0.29) is 22.6 Å². The van der Waals surface area contributed by atoms with Gasteiger partial charge >= 0.3 is 0 Å². The van der Waals surface area contributed by atoms with Crippen LogP contribution < -0.4 is 4.72 Å². The first-order valence-electron chi connectivity index (χ1n) is 7.58. The number of likely N-dealkylation sites (tertiary alicyclic amines) is 1. The van der Waals surface area contributed by atoms with Gasteiger partial charge in [0, 0.05) is 19.1 Å². The van der Waals surface area contributed by atoms with Crippen LogP contribution in [-0.2, 0) is 10.0 Å². The molecule has 24 heavy (non-hydrogen) atoms. The van der Waals surface area contributed by atoms with Gasteiger partial charge in [0.05, 0.1) is 4.90 Å². The summed E-state index contributed by atoms with van der Waals surface area (Å²) in [5, 5.41) is 0. The zero-order valence-electron chi connectivity index (χ0n) is 12.8. The fourth-order valence-electron chi connectivity index (χ4n) is 2.67. The topological polar surface area (TPSA) is 79.6 Å². The van der Waals surface area contributed by atoms with Gasteiger partial charge in [-0.3, -0.25) is 4.79 Å². The monoisotopic (exact) mass is 412 g/mol. The minimum absolute atomic E-state index is 0.176. The summed E-state index contributed by atoms with van der Waals surface area (Å²) in [6, 6.07) is 11.4. The van der Waals surface area contributed by atoms with Crippen molar-refractivity contribution in [2.24, 2.45) is 0 Å². The highest BCUT2D eigenvalue weighted by Crippen LogP contribution is 2.19. The maximum Gasteiger partial charge on any atom is 0.289 e. The minimum Gasteiger partial charge on any atom is -0.444 e. The summed E-state index contributed by atoms with van der Waals surface area (Å²) in [6.07, 6.45) is 1.14. The van der Waals surface area contributed by atoms with Crippen molar-refractivity contribution < 1.29 is 17.6 Å². The summed E-state index contributed by atoms with van der Waals surface area (Å²) in [5.41, 5.74) is 0. The van der Waals surface area contributed by atoms with Gasteiger partial charge in [0.1, 0.15) is 0 Å². The van der Waals surface area contributed by atoms with Crippen molar-refractivity contribution in [1.29, 1.82) is 0 Å². The molecule has 0 radical (unpaired) electrons. The molecule has 0 bridgehead atoms. The normalized spacial score (nSPS) is 16.3. The minimum atomic E-state index is -3.52. The Morgan fingerprint density at radius 1 is 1.12 bits per heavy atom. The first-order valence-corrected chi connectivity index (χ1v) is 9.85. The van der Waals surface area contributed by atoms with E-state index in [2.05, 4.69) is 20.7 Å².